The topological polar surface area (TPSA) is 57.5 Å². The Hall–Kier alpha value is -2.34. The molecule has 0 unspecified atom stereocenters. The number of hydrogen-bond acceptors (Lipinski definition) is 3. The minimum atomic E-state index is 0.127. The number of nitrogens with one attached hydrogen (secondary N) is 2. The molecule has 1 aliphatic rings. The Kier molecular flexibility index (Phi) is 7.09. The summed E-state index contributed by atoms with van der Waals surface area (Å²) in [7, 11) is 1.83. The van der Waals surface area contributed by atoms with Crippen LogP contribution >= 0.6 is 0 Å². The smallest absolute Gasteiger partial charge is 0.191 e. The molecule has 0 radical (unpaired) electrons. The Morgan fingerprint density at radius 3 is 2.61 bits per heavy atom. The fourth-order valence-electron chi connectivity index (χ4n) is 3.74. The van der Waals surface area contributed by atoms with Gasteiger partial charge in [0, 0.05) is 38.1 Å². The van der Waals surface area contributed by atoms with Crippen LogP contribution in [-0.4, -0.2) is 52.9 Å². The van der Waals surface area contributed by atoms with Gasteiger partial charge in [0.15, 0.2) is 5.96 Å². The Bertz CT molecular complexity index is 744. The third kappa shape index (κ3) is 5.83. The van der Waals surface area contributed by atoms with Crippen LogP contribution in [0.2, 0.25) is 0 Å². The molecule has 3 rings (SSSR count). The Morgan fingerprint density at radius 2 is 1.89 bits per heavy atom. The van der Waals surface area contributed by atoms with E-state index in [0.717, 1.165) is 25.6 Å². The first-order valence-electron chi connectivity index (χ1n) is 10.3. The van der Waals surface area contributed by atoms with Crippen LogP contribution in [0.5, 0.6) is 0 Å². The molecule has 6 nitrogen and oxygen atoms in total. The van der Waals surface area contributed by atoms with Crippen molar-refractivity contribution in [2.24, 2.45) is 4.99 Å². The molecule has 1 aliphatic heterocycles. The SMILES string of the molecule is CN=C(NCc1cccc(Cn2cccn2)c1)NCC(C)(C)N1CCCCC1. The number of piperidine rings is 1. The number of aliphatic imine (C=N–C) groups is 1. The lowest BCUT2D eigenvalue weighted by Gasteiger charge is -2.41. The number of nitrogens with zero attached hydrogens (tertiary/aromatic N) is 4. The number of likely N-dealkylation sites (tertiary alicyclic amines) is 1. The van der Waals surface area contributed by atoms with Crippen LogP contribution in [0.15, 0.2) is 47.7 Å². The van der Waals surface area contributed by atoms with Crippen LogP contribution < -0.4 is 10.6 Å². The summed E-state index contributed by atoms with van der Waals surface area (Å²) in [6.45, 7) is 9.45. The van der Waals surface area contributed by atoms with Gasteiger partial charge >= 0.3 is 0 Å². The van der Waals surface area contributed by atoms with Crippen molar-refractivity contribution in [2.45, 2.75) is 51.7 Å². The number of rotatable bonds is 7. The van der Waals surface area contributed by atoms with Gasteiger partial charge in [-0.3, -0.25) is 14.6 Å². The van der Waals surface area contributed by atoms with Crippen molar-refractivity contribution in [3.8, 4) is 0 Å². The normalized spacial score (nSPS) is 16.2. The predicted molar refractivity (Wildman–Crippen MR) is 115 cm³/mol. The van der Waals surface area contributed by atoms with Crippen molar-refractivity contribution in [1.82, 2.24) is 25.3 Å². The van der Waals surface area contributed by atoms with E-state index in [9.17, 15) is 0 Å². The molecule has 1 aromatic heterocycles. The molecule has 0 saturated carbocycles. The first-order valence-corrected chi connectivity index (χ1v) is 10.3. The maximum atomic E-state index is 4.40. The summed E-state index contributed by atoms with van der Waals surface area (Å²) in [5.41, 5.74) is 2.61. The van der Waals surface area contributed by atoms with E-state index in [4.69, 9.17) is 0 Å². The molecule has 2 aromatic rings. The van der Waals surface area contributed by atoms with Crippen LogP contribution in [-0.2, 0) is 13.1 Å². The van der Waals surface area contributed by atoms with E-state index >= 15 is 0 Å². The zero-order valence-electron chi connectivity index (χ0n) is 17.5. The highest BCUT2D eigenvalue weighted by atomic mass is 15.3. The highest BCUT2D eigenvalue weighted by Gasteiger charge is 2.27. The van der Waals surface area contributed by atoms with E-state index in [-0.39, 0.29) is 5.54 Å². The second kappa shape index (κ2) is 9.73. The van der Waals surface area contributed by atoms with E-state index in [1.54, 1.807) is 0 Å². The van der Waals surface area contributed by atoms with Crippen molar-refractivity contribution < 1.29 is 0 Å². The van der Waals surface area contributed by atoms with E-state index in [2.05, 4.69) is 63.7 Å². The molecule has 0 bridgehead atoms. The van der Waals surface area contributed by atoms with Gasteiger partial charge in [0.2, 0.25) is 0 Å². The summed E-state index contributed by atoms with van der Waals surface area (Å²) in [6, 6.07) is 10.6. The van der Waals surface area contributed by atoms with E-state index < -0.39 is 0 Å². The standard InChI is InChI=1S/C22H34N6/c1-22(2,27-12-5-4-6-13-27)18-25-21(23-3)24-16-19-9-7-10-20(15-19)17-28-14-8-11-26-28/h7-11,14-15H,4-6,12-13,16-18H2,1-3H3,(H2,23,24,25). The average Bonchev–Trinajstić information content (AvgIpc) is 3.22. The molecule has 6 heteroatoms. The lowest BCUT2D eigenvalue weighted by molar-refractivity contribution is 0.0982. The third-order valence-corrected chi connectivity index (χ3v) is 5.48. The quantitative estimate of drug-likeness (QED) is 0.571. The molecule has 1 aromatic carbocycles. The second-order valence-corrected chi connectivity index (χ2v) is 8.16. The molecule has 0 amide bonds. The van der Waals surface area contributed by atoms with Crippen molar-refractivity contribution in [3.05, 3.63) is 53.9 Å². The van der Waals surface area contributed by atoms with Crippen molar-refractivity contribution in [1.29, 1.82) is 0 Å². The molecule has 2 heterocycles. The molecular formula is C22H34N6. The third-order valence-electron chi connectivity index (χ3n) is 5.48. The zero-order chi connectivity index (χ0) is 19.8. The van der Waals surface area contributed by atoms with Crippen LogP contribution in [0.3, 0.4) is 0 Å². The van der Waals surface area contributed by atoms with E-state index in [1.807, 2.05) is 30.2 Å². The summed E-state index contributed by atoms with van der Waals surface area (Å²) in [4.78, 5) is 6.99. The van der Waals surface area contributed by atoms with Gasteiger partial charge in [-0.25, -0.2) is 0 Å². The number of hydrogen-bond donors (Lipinski definition) is 2. The first-order chi connectivity index (χ1) is 13.6. The summed E-state index contributed by atoms with van der Waals surface area (Å²) in [5.74, 6) is 0.850. The summed E-state index contributed by atoms with van der Waals surface area (Å²) < 4.78 is 1.94. The fourth-order valence-corrected chi connectivity index (χ4v) is 3.74. The van der Waals surface area contributed by atoms with E-state index in [0.29, 0.717) is 0 Å². The minimum Gasteiger partial charge on any atom is -0.355 e. The van der Waals surface area contributed by atoms with Crippen molar-refractivity contribution >= 4 is 5.96 Å². The summed E-state index contributed by atoms with van der Waals surface area (Å²) >= 11 is 0. The van der Waals surface area contributed by atoms with Crippen LogP contribution in [0.4, 0.5) is 0 Å². The number of benzene rings is 1. The largest absolute Gasteiger partial charge is 0.355 e. The van der Waals surface area contributed by atoms with Gasteiger partial charge in [0.1, 0.15) is 0 Å². The van der Waals surface area contributed by atoms with Gasteiger partial charge in [-0.15, -0.1) is 0 Å². The molecular weight excluding hydrogens is 348 g/mol. The van der Waals surface area contributed by atoms with Crippen molar-refractivity contribution in [2.75, 3.05) is 26.7 Å². The number of aromatic nitrogens is 2. The van der Waals surface area contributed by atoms with Crippen LogP contribution in [0.1, 0.15) is 44.2 Å². The van der Waals surface area contributed by atoms with Gasteiger partial charge in [0.25, 0.3) is 0 Å². The lowest BCUT2D eigenvalue weighted by atomic mass is 9.98. The molecule has 1 fully saturated rings. The highest BCUT2D eigenvalue weighted by Crippen LogP contribution is 2.19. The molecule has 0 aliphatic carbocycles. The molecule has 1 saturated heterocycles. The predicted octanol–water partition coefficient (Wildman–Crippen LogP) is 2.86. The Morgan fingerprint density at radius 1 is 1.11 bits per heavy atom. The maximum absolute atomic E-state index is 4.40. The van der Waals surface area contributed by atoms with Gasteiger partial charge < -0.3 is 10.6 Å². The number of guanidine groups is 1. The Balaban J connectivity index is 1.50. The Labute approximate surface area is 169 Å². The summed E-state index contributed by atoms with van der Waals surface area (Å²) in [6.07, 6.45) is 7.78. The lowest BCUT2D eigenvalue weighted by Crippen LogP contribution is -2.54. The van der Waals surface area contributed by atoms with Crippen LogP contribution in [0.25, 0.3) is 0 Å². The zero-order valence-corrected chi connectivity index (χ0v) is 17.5. The first kappa shape index (κ1) is 20.4. The van der Waals surface area contributed by atoms with Gasteiger partial charge in [0.05, 0.1) is 6.54 Å². The highest BCUT2D eigenvalue weighted by molar-refractivity contribution is 5.79. The molecule has 152 valence electrons. The molecule has 2 N–H and O–H groups in total. The molecule has 28 heavy (non-hydrogen) atoms. The average molecular weight is 383 g/mol. The van der Waals surface area contributed by atoms with Gasteiger partial charge in [-0.1, -0.05) is 30.7 Å². The summed E-state index contributed by atoms with van der Waals surface area (Å²) in [5, 5.41) is 11.2. The molecule has 0 spiro atoms. The van der Waals surface area contributed by atoms with Crippen molar-refractivity contribution in [3.63, 3.8) is 0 Å². The minimum absolute atomic E-state index is 0.127. The second-order valence-electron chi connectivity index (χ2n) is 8.16. The monoisotopic (exact) mass is 382 g/mol. The fraction of sp³-hybridized carbons (Fsp3) is 0.545. The van der Waals surface area contributed by atoms with Gasteiger partial charge in [-0.2, -0.15) is 5.10 Å². The van der Waals surface area contributed by atoms with Crippen LogP contribution in [0, 0.1) is 0 Å². The molecule has 0 atom stereocenters. The maximum Gasteiger partial charge on any atom is 0.191 e. The van der Waals surface area contributed by atoms with Gasteiger partial charge in [-0.05, 0) is 57.0 Å². The van der Waals surface area contributed by atoms with E-state index in [1.165, 1.54) is 43.5 Å².